The average Bonchev–Trinajstić information content (AvgIpc) is 2.43. The number of nitrogen functional groups attached to an aromatic ring is 1. The molecular weight excluding hydrogens is 260 g/mol. The molecule has 0 aromatic heterocycles. The molecule has 0 aliphatic carbocycles. The molecular formula is C18H22N2O. The van der Waals surface area contributed by atoms with Crippen LogP contribution in [0.15, 0.2) is 36.4 Å². The van der Waals surface area contributed by atoms with Gasteiger partial charge in [0, 0.05) is 16.9 Å². The lowest BCUT2D eigenvalue weighted by molar-refractivity contribution is 0.102. The standard InChI is InChI=1S/C18H22N2O/c1-11(2)14-7-5-6-8-17(14)20-18(21)15-10-16(19)13(4)9-12(15)3/h5-11H,19H2,1-4H3,(H,20,21). The number of nitrogens with one attached hydrogen (secondary N) is 1. The lowest BCUT2D eigenvalue weighted by Crippen LogP contribution is -2.15. The summed E-state index contributed by atoms with van der Waals surface area (Å²) in [7, 11) is 0. The van der Waals surface area contributed by atoms with Gasteiger partial charge in [-0.15, -0.1) is 0 Å². The quantitative estimate of drug-likeness (QED) is 0.826. The Bertz CT molecular complexity index is 675. The smallest absolute Gasteiger partial charge is 0.256 e. The van der Waals surface area contributed by atoms with Crippen molar-refractivity contribution in [2.45, 2.75) is 33.6 Å². The van der Waals surface area contributed by atoms with Gasteiger partial charge in [0.2, 0.25) is 0 Å². The van der Waals surface area contributed by atoms with Crippen LogP contribution in [-0.4, -0.2) is 5.91 Å². The van der Waals surface area contributed by atoms with Gasteiger partial charge in [-0.05, 0) is 48.6 Å². The van der Waals surface area contributed by atoms with E-state index in [2.05, 4.69) is 19.2 Å². The van der Waals surface area contributed by atoms with E-state index in [-0.39, 0.29) is 5.91 Å². The average molecular weight is 282 g/mol. The first-order valence-corrected chi connectivity index (χ1v) is 7.17. The van der Waals surface area contributed by atoms with Crippen LogP contribution in [0.25, 0.3) is 0 Å². The molecule has 2 rings (SSSR count). The van der Waals surface area contributed by atoms with Crippen molar-refractivity contribution in [2.75, 3.05) is 11.1 Å². The number of nitrogens with two attached hydrogens (primary N) is 1. The summed E-state index contributed by atoms with van der Waals surface area (Å²) >= 11 is 0. The summed E-state index contributed by atoms with van der Waals surface area (Å²) in [5.74, 6) is 0.234. The molecule has 0 bridgehead atoms. The van der Waals surface area contributed by atoms with Gasteiger partial charge in [-0.1, -0.05) is 38.1 Å². The minimum Gasteiger partial charge on any atom is -0.398 e. The molecule has 0 atom stereocenters. The van der Waals surface area contributed by atoms with Gasteiger partial charge in [0.1, 0.15) is 0 Å². The zero-order valence-electron chi connectivity index (χ0n) is 13.0. The molecule has 2 aromatic carbocycles. The monoisotopic (exact) mass is 282 g/mol. The van der Waals surface area contributed by atoms with Crippen LogP contribution in [0.1, 0.15) is 46.8 Å². The predicted molar refractivity (Wildman–Crippen MR) is 88.8 cm³/mol. The van der Waals surface area contributed by atoms with Crippen LogP contribution in [-0.2, 0) is 0 Å². The number of para-hydroxylation sites is 1. The maximum absolute atomic E-state index is 12.5. The van der Waals surface area contributed by atoms with Crippen molar-refractivity contribution >= 4 is 17.3 Å². The van der Waals surface area contributed by atoms with Crippen LogP contribution in [0.3, 0.4) is 0 Å². The molecule has 0 heterocycles. The molecule has 3 nitrogen and oxygen atoms in total. The van der Waals surface area contributed by atoms with E-state index in [0.29, 0.717) is 17.2 Å². The molecule has 0 radical (unpaired) electrons. The Balaban J connectivity index is 2.33. The largest absolute Gasteiger partial charge is 0.398 e. The summed E-state index contributed by atoms with van der Waals surface area (Å²) in [6.07, 6.45) is 0. The second-order valence-corrected chi connectivity index (χ2v) is 5.72. The molecule has 110 valence electrons. The molecule has 21 heavy (non-hydrogen) atoms. The van der Waals surface area contributed by atoms with E-state index >= 15 is 0 Å². The third-order valence-electron chi connectivity index (χ3n) is 3.69. The van der Waals surface area contributed by atoms with E-state index in [4.69, 9.17) is 5.73 Å². The van der Waals surface area contributed by atoms with Gasteiger partial charge >= 0.3 is 0 Å². The summed E-state index contributed by atoms with van der Waals surface area (Å²) in [6.45, 7) is 8.09. The van der Waals surface area contributed by atoms with Crippen molar-refractivity contribution in [1.29, 1.82) is 0 Å². The number of amides is 1. The first-order valence-electron chi connectivity index (χ1n) is 7.17. The van der Waals surface area contributed by atoms with Crippen molar-refractivity contribution in [3.63, 3.8) is 0 Å². The van der Waals surface area contributed by atoms with Gasteiger partial charge in [-0.3, -0.25) is 4.79 Å². The van der Waals surface area contributed by atoms with Crippen molar-refractivity contribution in [3.05, 3.63) is 58.7 Å². The minimum absolute atomic E-state index is 0.118. The maximum atomic E-state index is 12.5. The Hall–Kier alpha value is -2.29. The molecule has 0 aliphatic heterocycles. The van der Waals surface area contributed by atoms with Crippen LogP contribution < -0.4 is 11.1 Å². The van der Waals surface area contributed by atoms with Crippen LogP contribution in [0.2, 0.25) is 0 Å². The summed E-state index contributed by atoms with van der Waals surface area (Å²) in [5.41, 5.74) is 11.1. The van der Waals surface area contributed by atoms with Gasteiger partial charge in [-0.25, -0.2) is 0 Å². The van der Waals surface area contributed by atoms with E-state index in [1.54, 1.807) is 6.07 Å². The second-order valence-electron chi connectivity index (χ2n) is 5.72. The summed E-state index contributed by atoms with van der Waals surface area (Å²) in [5, 5.41) is 3.00. The van der Waals surface area contributed by atoms with Gasteiger partial charge in [-0.2, -0.15) is 0 Å². The highest BCUT2D eigenvalue weighted by atomic mass is 16.1. The fourth-order valence-electron chi connectivity index (χ4n) is 2.42. The van der Waals surface area contributed by atoms with Crippen molar-refractivity contribution in [2.24, 2.45) is 0 Å². The fraction of sp³-hybridized carbons (Fsp3) is 0.278. The van der Waals surface area contributed by atoms with E-state index < -0.39 is 0 Å². The molecule has 3 N–H and O–H groups in total. The topological polar surface area (TPSA) is 55.1 Å². The highest BCUT2D eigenvalue weighted by Gasteiger charge is 2.13. The number of carbonyl (C=O) groups is 1. The Morgan fingerprint density at radius 2 is 1.76 bits per heavy atom. The summed E-state index contributed by atoms with van der Waals surface area (Å²) in [4.78, 5) is 12.5. The SMILES string of the molecule is Cc1cc(C)c(C(=O)Nc2ccccc2C(C)C)cc1N. The van der Waals surface area contributed by atoms with E-state index in [1.807, 2.05) is 44.2 Å². The number of carbonyl (C=O) groups excluding carboxylic acids is 1. The van der Waals surface area contributed by atoms with Gasteiger partial charge in [0.15, 0.2) is 0 Å². The predicted octanol–water partition coefficient (Wildman–Crippen LogP) is 4.26. The molecule has 0 spiro atoms. The Labute approximate surface area is 126 Å². The van der Waals surface area contributed by atoms with Crippen LogP contribution >= 0.6 is 0 Å². The van der Waals surface area contributed by atoms with Crippen LogP contribution in [0, 0.1) is 13.8 Å². The molecule has 3 heteroatoms. The highest BCUT2D eigenvalue weighted by Crippen LogP contribution is 2.25. The van der Waals surface area contributed by atoms with Crippen molar-refractivity contribution in [1.82, 2.24) is 0 Å². The molecule has 1 amide bonds. The maximum Gasteiger partial charge on any atom is 0.256 e. The molecule has 0 aliphatic rings. The number of hydrogen-bond donors (Lipinski definition) is 2. The van der Waals surface area contributed by atoms with Gasteiger partial charge < -0.3 is 11.1 Å². The first kappa shape index (κ1) is 15.1. The van der Waals surface area contributed by atoms with E-state index in [9.17, 15) is 4.79 Å². The van der Waals surface area contributed by atoms with Crippen LogP contribution in [0.4, 0.5) is 11.4 Å². The lowest BCUT2D eigenvalue weighted by Gasteiger charge is -2.15. The molecule has 0 unspecified atom stereocenters. The van der Waals surface area contributed by atoms with Crippen molar-refractivity contribution < 1.29 is 4.79 Å². The Kier molecular flexibility index (Phi) is 4.32. The lowest BCUT2D eigenvalue weighted by atomic mass is 10.00. The summed E-state index contributed by atoms with van der Waals surface area (Å²) in [6, 6.07) is 11.6. The molecule has 0 saturated heterocycles. The fourth-order valence-corrected chi connectivity index (χ4v) is 2.42. The van der Waals surface area contributed by atoms with Crippen LogP contribution in [0.5, 0.6) is 0 Å². The van der Waals surface area contributed by atoms with Gasteiger partial charge in [0.25, 0.3) is 5.91 Å². The number of rotatable bonds is 3. The summed E-state index contributed by atoms with van der Waals surface area (Å²) < 4.78 is 0. The zero-order chi connectivity index (χ0) is 15.6. The number of anilines is 2. The van der Waals surface area contributed by atoms with E-state index in [1.165, 1.54) is 0 Å². The number of aryl methyl sites for hydroxylation is 2. The second kappa shape index (κ2) is 6.00. The minimum atomic E-state index is -0.118. The van der Waals surface area contributed by atoms with E-state index in [0.717, 1.165) is 22.4 Å². The Morgan fingerprint density at radius 1 is 1.10 bits per heavy atom. The molecule has 2 aromatic rings. The molecule has 0 saturated carbocycles. The normalized spacial score (nSPS) is 10.7. The number of benzene rings is 2. The van der Waals surface area contributed by atoms with Crippen molar-refractivity contribution in [3.8, 4) is 0 Å². The first-order chi connectivity index (χ1) is 9.90. The third-order valence-corrected chi connectivity index (χ3v) is 3.69. The highest BCUT2D eigenvalue weighted by molar-refractivity contribution is 6.06. The Morgan fingerprint density at radius 3 is 2.43 bits per heavy atom. The zero-order valence-corrected chi connectivity index (χ0v) is 13.0. The number of hydrogen-bond acceptors (Lipinski definition) is 2. The third kappa shape index (κ3) is 3.24. The van der Waals surface area contributed by atoms with Gasteiger partial charge in [0.05, 0.1) is 0 Å². The molecule has 0 fully saturated rings.